The molecule has 2 atom stereocenters. The number of benzene rings is 2. The van der Waals surface area contributed by atoms with Crippen LogP contribution in [-0.4, -0.2) is 63.7 Å². The van der Waals surface area contributed by atoms with Crippen LogP contribution < -0.4 is 16.4 Å². The van der Waals surface area contributed by atoms with Gasteiger partial charge in [-0.2, -0.15) is 5.10 Å². The first-order valence-electron chi connectivity index (χ1n) is 13.1. The molecule has 39 heavy (non-hydrogen) atoms. The highest BCUT2D eigenvalue weighted by atomic mass is 16.5. The summed E-state index contributed by atoms with van der Waals surface area (Å²) in [4.78, 5) is 41.1. The van der Waals surface area contributed by atoms with Gasteiger partial charge in [0.2, 0.25) is 11.8 Å². The van der Waals surface area contributed by atoms with Crippen molar-refractivity contribution < 1.29 is 19.1 Å². The first kappa shape index (κ1) is 28.0. The second-order valence-corrected chi connectivity index (χ2v) is 10.3. The number of carbonyl (C=O) groups is 3. The number of hydrogen-bond donors (Lipinski definition) is 3. The van der Waals surface area contributed by atoms with Gasteiger partial charge in [-0.3, -0.25) is 19.1 Å². The molecule has 1 unspecified atom stereocenters. The molecule has 10 heteroatoms. The number of anilines is 1. The van der Waals surface area contributed by atoms with E-state index < -0.39 is 29.4 Å². The number of ether oxygens (including phenoxy) is 1. The van der Waals surface area contributed by atoms with Crippen molar-refractivity contribution in [2.75, 3.05) is 25.0 Å². The van der Waals surface area contributed by atoms with E-state index in [1.807, 2.05) is 65.6 Å². The molecule has 1 saturated heterocycles. The Morgan fingerprint density at radius 3 is 2.31 bits per heavy atom. The van der Waals surface area contributed by atoms with Gasteiger partial charge in [0, 0.05) is 19.3 Å². The topological polar surface area (TPSA) is 132 Å². The zero-order chi connectivity index (χ0) is 27.8. The number of rotatable bonds is 11. The molecule has 0 aliphatic carbocycles. The fraction of sp³-hybridized carbons (Fsp3) is 0.379. The Bertz CT molecular complexity index is 1250. The van der Waals surface area contributed by atoms with Crippen LogP contribution >= 0.6 is 0 Å². The van der Waals surface area contributed by atoms with E-state index in [0.717, 1.165) is 37.1 Å². The minimum Gasteiger partial charge on any atom is -0.374 e. The van der Waals surface area contributed by atoms with E-state index in [1.165, 1.54) is 6.20 Å². The molecule has 2 heterocycles. The average Bonchev–Trinajstić information content (AvgIpc) is 3.62. The van der Waals surface area contributed by atoms with Gasteiger partial charge in [0.25, 0.3) is 5.91 Å². The third kappa shape index (κ3) is 7.52. The number of aromatic nitrogens is 2. The number of likely N-dealkylation sites (tertiary alicyclic amines) is 1. The first-order chi connectivity index (χ1) is 18.7. The first-order valence-corrected chi connectivity index (χ1v) is 13.1. The maximum absolute atomic E-state index is 13.4. The summed E-state index contributed by atoms with van der Waals surface area (Å²) in [7, 11) is 0. The lowest BCUT2D eigenvalue weighted by Gasteiger charge is -2.24. The van der Waals surface area contributed by atoms with E-state index in [-0.39, 0.29) is 19.1 Å². The predicted octanol–water partition coefficient (Wildman–Crippen LogP) is 2.47. The van der Waals surface area contributed by atoms with Gasteiger partial charge >= 0.3 is 0 Å². The molecule has 0 spiro atoms. The zero-order valence-electron chi connectivity index (χ0n) is 22.4. The van der Waals surface area contributed by atoms with Crippen LogP contribution in [0.2, 0.25) is 0 Å². The molecule has 1 aliphatic heterocycles. The quantitative estimate of drug-likeness (QED) is 0.348. The van der Waals surface area contributed by atoms with Gasteiger partial charge in [-0.25, -0.2) is 0 Å². The number of carbonyl (C=O) groups excluding carboxylic acids is 3. The summed E-state index contributed by atoms with van der Waals surface area (Å²) in [5, 5.41) is 9.90. The van der Waals surface area contributed by atoms with Crippen LogP contribution in [0.5, 0.6) is 0 Å². The monoisotopic (exact) mass is 532 g/mol. The van der Waals surface area contributed by atoms with E-state index >= 15 is 0 Å². The SMILES string of the molecule is CC(C)(N)C(=O)N[C@H](COCc1ccccc1)C(=O)Nc1cnn(C(C(=O)N2CCCC2)c2ccccc2)c1. The standard InChI is InChI=1S/C29H36N6O4/c1-29(2,30)28(38)33-24(20-39-19-21-11-5-3-6-12-21)26(36)32-23-17-31-35(18-23)25(22-13-7-4-8-14-22)27(37)34-15-9-10-16-34/h3-8,11-14,17-18,24-25H,9-10,15-16,19-20,30H2,1-2H3,(H,32,36)(H,33,38)/t24-,25?/m1/s1. The highest BCUT2D eigenvalue weighted by Crippen LogP contribution is 2.24. The highest BCUT2D eigenvalue weighted by molar-refractivity contribution is 5.98. The molecule has 3 amide bonds. The molecule has 4 rings (SSSR count). The minimum absolute atomic E-state index is 0.0377. The second-order valence-electron chi connectivity index (χ2n) is 10.3. The lowest BCUT2D eigenvalue weighted by atomic mass is 10.1. The molecule has 10 nitrogen and oxygen atoms in total. The van der Waals surface area contributed by atoms with Gasteiger partial charge < -0.3 is 26.0 Å². The summed E-state index contributed by atoms with van der Waals surface area (Å²) in [5.74, 6) is -1.01. The van der Waals surface area contributed by atoms with E-state index in [9.17, 15) is 14.4 Å². The number of nitrogens with zero attached hydrogens (tertiary/aromatic N) is 3. The van der Waals surface area contributed by atoms with Gasteiger partial charge in [0.1, 0.15) is 6.04 Å². The fourth-order valence-corrected chi connectivity index (χ4v) is 4.32. The van der Waals surface area contributed by atoms with E-state index in [1.54, 1.807) is 24.7 Å². The van der Waals surface area contributed by atoms with Crippen molar-refractivity contribution in [3.63, 3.8) is 0 Å². The normalized spacial score (nSPS) is 15.0. The lowest BCUT2D eigenvalue weighted by molar-refractivity contribution is -0.132. The Hall–Kier alpha value is -4.02. The largest absolute Gasteiger partial charge is 0.374 e. The van der Waals surface area contributed by atoms with Gasteiger partial charge in [-0.15, -0.1) is 0 Å². The van der Waals surface area contributed by atoms with Crippen LogP contribution in [0.25, 0.3) is 0 Å². The Morgan fingerprint density at radius 1 is 1.03 bits per heavy atom. The third-order valence-electron chi connectivity index (χ3n) is 6.50. The van der Waals surface area contributed by atoms with Gasteiger partial charge in [-0.05, 0) is 37.8 Å². The molecule has 4 N–H and O–H groups in total. The van der Waals surface area contributed by atoms with Crippen LogP contribution in [0.15, 0.2) is 73.1 Å². The lowest BCUT2D eigenvalue weighted by Crippen LogP contribution is -2.56. The summed E-state index contributed by atoms with van der Waals surface area (Å²) in [5.41, 5.74) is 6.90. The van der Waals surface area contributed by atoms with Gasteiger partial charge in [0.15, 0.2) is 6.04 Å². The third-order valence-corrected chi connectivity index (χ3v) is 6.50. The number of hydrogen-bond acceptors (Lipinski definition) is 6. The number of amides is 3. The van der Waals surface area contributed by atoms with Crippen LogP contribution in [0.1, 0.15) is 43.9 Å². The van der Waals surface area contributed by atoms with Crippen molar-refractivity contribution in [3.8, 4) is 0 Å². The van der Waals surface area contributed by atoms with Crippen LogP contribution in [0.3, 0.4) is 0 Å². The van der Waals surface area contributed by atoms with Crippen LogP contribution in [-0.2, 0) is 25.7 Å². The molecule has 1 aromatic heterocycles. The Kier molecular flexibility index (Phi) is 9.11. The molecule has 1 aliphatic rings. The summed E-state index contributed by atoms with van der Waals surface area (Å²) >= 11 is 0. The number of nitrogens with one attached hydrogen (secondary N) is 2. The predicted molar refractivity (Wildman–Crippen MR) is 148 cm³/mol. The molecule has 2 aromatic carbocycles. The maximum atomic E-state index is 13.4. The van der Waals surface area contributed by atoms with Gasteiger partial charge in [-0.1, -0.05) is 60.7 Å². The smallest absolute Gasteiger partial charge is 0.252 e. The van der Waals surface area contributed by atoms with Crippen molar-refractivity contribution in [1.29, 1.82) is 0 Å². The number of nitrogens with two attached hydrogens (primary N) is 1. The highest BCUT2D eigenvalue weighted by Gasteiger charge is 2.31. The molecule has 0 radical (unpaired) electrons. The van der Waals surface area contributed by atoms with Gasteiger partial charge in [0.05, 0.1) is 30.6 Å². The Balaban J connectivity index is 1.48. The summed E-state index contributed by atoms with van der Waals surface area (Å²) in [6, 6.07) is 17.3. The molecular formula is C29H36N6O4. The van der Waals surface area contributed by atoms with Crippen molar-refractivity contribution in [2.24, 2.45) is 5.73 Å². The minimum atomic E-state index is -1.18. The molecule has 206 valence electrons. The van der Waals surface area contributed by atoms with Crippen molar-refractivity contribution in [3.05, 3.63) is 84.2 Å². The second kappa shape index (κ2) is 12.7. The average molecular weight is 533 g/mol. The van der Waals surface area contributed by atoms with Crippen LogP contribution in [0.4, 0.5) is 5.69 Å². The molecule has 1 fully saturated rings. The molecule has 0 bridgehead atoms. The van der Waals surface area contributed by atoms with Crippen molar-refractivity contribution in [2.45, 2.75) is 50.9 Å². The van der Waals surface area contributed by atoms with E-state index in [0.29, 0.717) is 5.69 Å². The Labute approximate surface area is 228 Å². The molecule has 3 aromatic rings. The Morgan fingerprint density at radius 2 is 1.67 bits per heavy atom. The van der Waals surface area contributed by atoms with Crippen molar-refractivity contribution >= 4 is 23.4 Å². The zero-order valence-corrected chi connectivity index (χ0v) is 22.4. The maximum Gasteiger partial charge on any atom is 0.252 e. The summed E-state index contributed by atoms with van der Waals surface area (Å²) in [6.07, 6.45) is 5.07. The van der Waals surface area contributed by atoms with E-state index in [2.05, 4.69) is 15.7 Å². The summed E-state index contributed by atoms with van der Waals surface area (Å²) < 4.78 is 7.32. The molecular weight excluding hydrogens is 496 g/mol. The van der Waals surface area contributed by atoms with Crippen LogP contribution in [0, 0.1) is 0 Å². The van der Waals surface area contributed by atoms with Crippen molar-refractivity contribution in [1.82, 2.24) is 20.0 Å². The van der Waals surface area contributed by atoms with E-state index in [4.69, 9.17) is 10.5 Å². The fourth-order valence-electron chi connectivity index (χ4n) is 4.32. The molecule has 0 saturated carbocycles. The summed E-state index contributed by atoms with van der Waals surface area (Å²) in [6.45, 7) is 4.78.